The molecule has 8 heteroatoms. The molecule has 1 aromatic rings. The lowest BCUT2D eigenvalue weighted by Gasteiger charge is -2.37. The van der Waals surface area contributed by atoms with E-state index in [0.29, 0.717) is 19.0 Å². The molecule has 0 saturated carbocycles. The van der Waals surface area contributed by atoms with Gasteiger partial charge < -0.3 is 15.1 Å². The van der Waals surface area contributed by atoms with Crippen molar-refractivity contribution in [2.24, 2.45) is 18.9 Å². The Kier molecular flexibility index (Phi) is 7.68. The molecule has 0 radical (unpaired) electrons. The van der Waals surface area contributed by atoms with Gasteiger partial charge in [0.1, 0.15) is 6.04 Å². The summed E-state index contributed by atoms with van der Waals surface area (Å²) in [6, 6.07) is -0.375. The fraction of sp³-hybridized carbons (Fsp3) is 0.737. The van der Waals surface area contributed by atoms with Crippen LogP contribution in [0.25, 0.3) is 0 Å². The summed E-state index contributed by atoms with van der Waals surface area (Å²) >= 11 is 0. The molecule has 2 fully saturated rings. The van der Waals surface area contributed by atoms with Crippen LogP contribution in [0.4, 0.5) is 0 Å². The molecule has 1 N–H and O–H groups in total. The van der Waals surface area contributed by atoms with E-state index in [2.05, 4.69) is 17.3 Å². The third kappa shape index (κ3) is 5.02. The standard InChI is InChI=1S/C19H31N5O2.ClH/c1-14-4-8-23(9-5-14)18(25)15-6-10-24(11-7-15)19(26)17(20-2)16-12-21-22(3)13-16;/h12-15,17,20H,4-11H2,1-3H3;1H. The van der Waals surface area contributed by atoms with E-state index < -0.39 is 0 Å². The zero-order valence-electron chi connectivity index (χ0n) is 16.6. The van der Waals surface area contributed by atoms with E-state index >= 15 is 0 Å². The van der Waals surface area contributed by atoms with Gasteiger partial charge >= 0.3 is 0 Å². The number of nitrogens with zero attached hydrogens (tertiary/aromatic N) is 4. The molecule has 2 amide bonds. The number of halogens is 1. The molecule has 2 aliphatic rings. The van der Waals surface area contributed by atoms with Gasteiger partial charge in [-0.1, -0.05) is 6.92 Å². The van der Waals surface area contributed by atoms with Crippen molar-refractivity contribution in [3.63, 3.8) is 0 Å². The topological polar surface area (TPSA) is 70.5 Å². The summed E-state index contributed by atoms with van der Waals surface area (Å²) in [6.45, 7) is 5.34. The van der Waals surface area contributed by atoms with E-state index in [1.807, 2.05) is 23.0 Å². The van der Waals surface area contributed by atoms with Crippen molar-refractivity contribution in [2.45, 2.75) is 38.6 Å². The Morgan fingerprint density at radius 1 is 1.11 bits per heavy atom. The van der Waals surface area contributed by atoms with E-state index in [9.17, 15) is 9.59 Å². The Balaban J connectivity index is 0.00000261. The van der Waals surface area contributed by atoms with Crippen molar-refractivity contribution in [1.29, 1.82) is 0 Å². The highest BCUT2D eigenvalue weighted by molar-refractivity contribution is 5.85. The lowest BCUT2D eigenvalue weighted by atomic mass is 9.92. The summed E-state index contributed by atoms with van der Waals surface area (Å²) in [5.74, 6) is 1.16. The van der Waals surface area contributed by atoms with Crippen LogP contribution in [0, 0.1) is 11.8 Å². The summed E-state index contributed by atoms with van der Waals surface area (Å²) < 4.78 is 1.71. The van der Waals surface area contributed by atoms with Crippen molar-refractivity contribution in [1.82, 2.24) is 24.9 Å². The first-order chi connectivity index (χ1) is 12.5. The molecule has 2 saturated heterocycles. The van der Waals surface area contributed by atoms with Crippen LogP contribution in [-0.4, -0.2) is 64.6 Å². The zero-order valence-corrected chi connectivity index (χ0v) is 17.4. The SMILES string of the molecule is CNC(C(=O)N1CCC(C(=O)N2CCC(C)CC2)CC1)c1cnn(C)c1.Cl. The number of likely N-dealkylation sites (tertiary alicyclic amines) is 2. The van der Waals surface area contributed by atoms with Crippen LogP contribution >= 0.6 is 12.4 Å². The maximum Gasteiger partial charge on any atom is 0.244 e. The number of hydrogen-bond donors (Lipinski definition) is 1. The number of amides is 2. The van der Waals surface area contributed by atoms with E-state index in [0.717, 1.165) is 50.3 Å². The molecule has 7 nitrogen and oxygen atoms in total. The highest BCUT2D eigenvalue weighted by atomic mass is 35.5. The molecule has 1 unspecified atom stereocenters. The first kappa shape index (κ1) is 21.7. The van der Waals surface area contributed by atoms with E-state index in [1.54, 1.807) is 17.9 Å². The Labute approximate surface area is 167 Å². The minimum atomic E-state index is -0.375. The van der Waals surface area contributed by atoms with E-state index in [1.165, 1.54) is 0 Å². The summed E-state index contributed by atoms with van der Waals surface area (Å²) in [5.41, 5.74) is 0.876. The lowest BCUT2D eigenvalue weighted by molar-refractivity contribution is -0.142. The summed E-state index contributed by atoms with van der Waals surface area (Å²) in [5, 5.41) is 7.26. The van der Waals surface area contributed by atoms with Gasteiger partial charge in [-0.3, -0.25) is 14.3 Å². The molecule has 0 bridgehead atoms. The summed E-state index contributed by atoms with van der Waals surface area (Å²) in [7, 11) is 3.64. The normalized spacial score (nSPS) is 20.3. The first-order valence-electron chi connectivity index (χ1n) is 9.73. The highest BCUT2D eigenvalue weighted by Crippen LogP contribution is 2.25. The monoisotopic (exact) mass is 397 g/mol. The molecule has 2 aliphatic heterocycles. The number of aromatic nitrogens is 2. The molecule has 3 rings (SSSR count). The van der Waals surface area contributed by atoms with Crippen molar-refractivity contribution in [3.8, 4) is 0 Å². The van der Waals surface area contributed by atoms with Gasteiger partial charge in [-0.2, -0.15) is 5.10 Å². The van der Waals surface area contributed by atoms with Crippen LogP contribution in [0.3, 0.4) is 0 Å². The smallest absolute Gasteiger partial charge is 0.244 e. The number of nitrogens with one attached hydrogen (secondary N) is 1. The molecule has 0 aliphatic carbocycles. The second-order valence-electron chi connectivity index (χ2n) is 7.78. The largest absolute Gasteiger partial charge is 0.342 e. The molecule has 152 valence electrons. The Morgan fingerprint density at radius 3 is 2.22 bits per heavy atom. The minimum Gasteiger partial charge on any atom is -0.342 e. The molecule has 1 atom stereocenters. The predicted octanol–water partition coefficient (Wildman–Crippen LogP) is 1.60. The molecule has 0 aromatic carbocycles. The second-order valence-corrected chi connectivity index (χ2v) is 7.78. The molecule has 27 heavy (non-hydrogen) atoms. The van der Waals surface area contributed by atoms with Gasteiger partial charge in [-0.05, 0) is 38.6 Å². The third-order valence-corrected chi connectivity index (χ3v) is 5.84. The predicted molar refractivity (Wildman–Crippen MR) is 107 cm³/mol. The Morgan fingerprint density at radius 2 is 1.70 bits per heavy atom. The van der Waals surface area contributed by atoms with Gasteiger partial charge in [0, 0.05) is 50.9 Å². The molecular formula is C19H32ClN5O2. The average molecular weight is 398 g/mol. The molecule has 3 heterocycles. The van der Waals surface area contributed by atoms with Gasteiger partial charge in [0.15, 0.2) is 0 Å². The van der Waals surface area contributed by atoms with Crippen LogP contribution in [0.2, 0.25) is 0 Å². The highest BCUT2D eigenvalue weighted by Gasteiger charge is 2.33. The lowest BCUT2D eigenvalue weighted by Crippen LogP contribution is -2.48. The number of carbonyl (C=O) groups is 2. The van der Waals surface area contributed by atoms with Gasteiger partial charge in [-0.25, -0.2) is 0 Å². The van der Waals surface area contributed by atoms with Gasteiger partial charge in [0.25, 0.3) is 0 Å². The minimum absolute atomic E-state index is 0. The van der Waals surface area contributed by atoms with Crippen molar-refractivity contribution in [3.05, 3.63) is 18.0 Å². The van der Waals surface area contributed by atoms with Crippen LogP contribution < -0.4 is 5.32 Å². The van der Waals surface area contributed by atoms with Gasteiger partial charge in [-0.15, -0.1) is 12.4 Å². The number of aryl methyl sites for hydroxylation is 1. The Hall–Kier alpha value is -1.60. The first-order valence-corrected chi connectivity index (χ1v) is 9.73. The number of rotatable bonds is 4. The van der Waals surface area contributed by atoms with E-state index in [-0.39, 0.29) is 30.3 Å². The van der Waals surface area contributed by atoms with Gasteiger partial charge in [0.05, 0.1) is 6.20 Å². The number of piperidine rings is 2. The molecular weight excluding hydrogens is 366 g/mol. The fourth-order valence-corrected chi connectivity index (χ4v) is 4.04. The summed E-state index contributed by atoms with van der Waals surface area (Å²) in [4.78, 5) is 29.6. The van der Waals surface area contributed by atoms with Gasteiger partial charge in [0.2, 0.25) is 11.8 Å². The maximum atomic E-state index is 12.9. The zero-order chi connectivity index (χ0) is 18.7. The van der Waals surface area contributed by atoms with E-state index in [4.69, 9.17) is 0 Å². The van der Waals surface area contributed by atoms with Crippen LogP contribution in [0.5, 0.6) is 0 Å². The van der Waals surface area contributed by atoms with Crippen molar-refractivity contribution in [2.75, 3.05) is 33.2 Å². The average Bonchev–Trinajstić information content (AvgIpc) is 3.08. The number of hydrogen-bond acceptors (Lipinski definition) is 4. The summed E-state index contributed by atoms with van der Waals surface area (Å²) in [6.07, 6.45) is 7.34. The van der Waals surface area contributed by atoms with Crippen LogP contribution in [-0.2, 0) is 16.6 Å². The van der Waals surface area contributed by atoms with Crippen LogP contribution in [0.15, 0.2) is 12.4 Å². The Bertz CT molecular complexity index is 634. The second kappa shape index (κ2) is 9.55. The van der Waals surface area contributed by atoms with Crippen molar-refractivity contribution >= 4 is 24.2 Å². The molecule has 0 spiro atoms. The molecule has 1 aromatic heterocycles. The van der Waals surface area contributed by atoms with Crippen molar-refractivity contribution < 1.29 is 9.59 Å². The maximum absolute atomic E-state index is 12.9. The number of carbonyl (C=O) groups excluding carboxylic acids is 2. The third-order valence-electron chi connectivity index (χ3n) is 5.84. The number of likely N-dealkylation sites (N-methyl/N-ethyl adjacent to an activating group) is 1. The van der Waals surface area contributed by atoms with Crippen LogP contribution in [0.1, 0.15) is 44.2 Å². The quantitative estimate of drug-likeness (QED) is 0.837. The fourth-order valence-electron chi connectivity index (χ4n) is 4.04.